The normalized spacial score (nSPS) is 18.9. The van der Waals surface area contributed by atoms with Crippen molar-refractivity contribution >= 4 is 21.6 Å². The molecule has 1 saturated heterocycles. The fourth-order valence-electron chi connectivity index (χ4n) is 1.93. The topological polar surface area (TPSA) is 6.48 Å². The third-order valence-corrected chi connectivity index (χ3v) is 3.29. The molecule has 0 aliphatic carbocycles. The van der Waals surface area contributed by atoms with Crippen LogP contribution in [-0.4, -0.2) is 38.1 Å². The van der Waals surface area contributed by atoms with Crippen molar-refractivity contribution in [3.63, 3.8) is 0 Å². The van der Waals surface area contributed by atoms with Crippen molar-refractivity contribution in [1.29, 1.82) is 0 Å². The van der Waals surface area contributed by atoms with Crippen LogP contribution in [0.2, 0.25) is 0 Å². The average Bonchev–Trinajstić information content (AvgIpc) is 2.43. The van der Waals surface area contributed by atoms with Crippen LogP contribution in [0.25, 0.3) is 0 Å². The van der Waals surface area contributed by atoms with Gasteiger partial charge in [0.1, 0.15) is 0 Å². The predicted octanol–water partition coefficient (Wildman–Crippen LogP) is 2.39. The zero-order valence-corrected chi connectivity index (χ0v) is 10.6. The summed E-state index contributed by atoms with van der Waals surface area (Å²) in [6.07, 6.45) is 1.24. The second kappa shape index (κ2) is 4.99. The van der Waals surface area contributed by atoms with Crippen LogP contribution in [0, 0.1) is 6.07 Å². The smallest absolute Gasteiger partial charge is 0.0378 e. The van der Waals surface area contributed by atoms with Gasteiger partial charge in [0.2, 0.25) is 0 Å². The first kappa shape index (κ1) is 11.0. The van der Waals surface area contributed by atoms with Crippen LogP contribution in [0.5, 0.6) is 0 Å². The molecule has 0 spiro atoms. The number of likely N-dealkylation sites (N-methyl/N-ethyl adjacent to an activating group) is 1. The minimum atomic E-state index is 1.04. The van der Waals surface area contributed by atoms with Gasteiger partial charge >= 0.3 is 0 Å². The van der Waals surface area contributed by atoms with E-state index >= 15 is 0 Å². The molecule has 1 aromatic carbocycles. The standard InChI is InChI=1S/C12H16BrN2/c1-14-6-3-7-15(9-8-14)12-5-2-4-11(13)10-12/h2,5,10H,3,6-9H2,1H3. The molecule has 81 valence electrons. The van der Waals surface area contributed by atoms with Crippen LogP contribution in [0.4, 0.5) is 5.69 Å². The Kier molecular flexibility index (Phi) is 3.65. The largest absolute Gasteiger partial charge is 0.370 e. The summed E-state index contributed by atoms with van der Waals surface area (Å²) in [5, 5.41) is 0. The molecule has 0 atom stereocenters. The minimum absolute atomic E-state index is 1.04. The molecule has 0 aromatic heterocycles. The maximum Gasteiger partial charge on any atom is 0.0378 e. The zero-order valence-electron chi connectivity index (χ0n) is 9.04. The first-order chi connectivity index (χ1) is 7.25. The van der Waals surface area contributed by atoms with Crippen LogP contribution in [0.3, 0.4) is 0 Å². The second-order valence-electron chi connectivity index (χ2n) is 4.04. The summed E-state index contributed by atoms with van der Waals surface area (Å²) in [5.41, 5.74) is 1.30. The van der Waals surface area contributed by atoms with Crippen molar-refractivity contribution in [2.45, 2.75) is 6.42 Å². The molecule has 15 heavy (non-hydrogen) atoms. The highest BCUT2D eigenvalue weighted by atomic mass is 79.9. The van der Waals surface area contributed by atoms with E-state index in [0.717, 1.165) is 24.1 Å². The number of hydrogen-bond acceptors (Lipinski definition) is 2. The third kappa shape index (κ3) is 2.95. The monoisotopic (exact) mass is 267 g/mol. The fraction of sp³-hybridized carbons (Fsp3) is 0.500. The van der Waals surface area contributed by atoms with Gasteiger partial charge in [0, 0.05) is 29.8 Å². The maximum atomic E-state index is 3.47. The van der Waals surface area contributed by atoms with Gasteiger partial charge in [-0.05, 0) is 38.2 Å². The highest BCUT2D eigenvalue weighted by Gasteiger charge is 2.12. The Morgan fingerprint density at radius 3 is 2.93 bits per heavy atom. The van der Waals surface area contributed by atoms with Gasteiger partial charge in [0.05, 0.1) is 0 Å². The van der Waals surface area contributed by atoms with Crippen molar-refractivity contribution in [2.24, 2.45) is 0 Å². The first-order valence-corrected chi connectivity index (χ1v) is 6.16. The van der Waals surface area contributed by atoms with E-state index in [4.69, 9.17) is 0 Å². The highest BCUT2D eigenvalue weighted by Crippen LogP contribution is 2.20. The van der Waals surface area contributed by atoms with E-state index in [1.165, 1.54) is 18.7 Å². The van der Waals surface area contributed by atoms with Gasteiger partial charge in [-0.1, -0.05) is 22.0 Å². The Morgan fingerprint density at radius 2 is 2.13 bits per heavy atom. The van der Waals surface area contributed by atoms with Gasteiger partial charge in [-0.3, -0.25) is 0 Å². The van der Waals surface area contributed by atoms with Crippen LogP contribution in [0.15, 0.2) is 22.7 Å². The van der Waals surface area contributed by atoms with E-state index in [1.54, 1.807) is 0 Å². The molecular formula is C12H16BrN2. The molecule has 1 aliphatic heterocycles. The van der Waals surface area contributed by atoms with E-state index in [2.05, 4.69) is 51.0 Å². The minimum Gasteiger partial charge on any atom is -0.370 e. The zero-order chi connectivity index (χ0) is 10.7. The predicted molar refractivity (Wildman–Crippen MR) is 67.3 cm³/mol. The van der Waals surface area contributed by atoms with Gasteiger partial charge in [-0.25, -0.2) is 0 Å². The van der Waals surface area contributed by atoms with Gasteiger partial charge in [-0.15, -0.1) is 0 Å². The number of halogens is 1. The summed E-state index contributed by atoms with van der Waals surface area (Å²) in [6, 6.07) is 9.37. The molecular weight excluding hydrogens is 252 g/mol. The molecule has 1 aliphatic rings. The molecule has 1 aromatic rings. The van der Waals surface area contributed by atoms with Gasteiger partial charge in [0.25, 0.3) is 0 Å². The fourth-order valence-corrected chi connectivity index (χ4v) is 2.29. The summed E-state index contributed by atoms with van der Waals surface area (Å²) in [7, 11) is 2.19. The quantitative estimate of drug-likeness (QED) is 0.771. The highest BCUT2D eigenvalue weighted by molar-refractivity contribution is 9.10. The third-order valence-electron chi connectivity index (χ3n) is 2.83. The number of rotatable bonds is 1. The first-order valence-electron chi connectivity index (χ1n) is 5.36. The maximum absolute atomic E-state index is 3.47. The summed E-state index contributed by atoms with van der Waals surface area (Å²) < 4.78 is 1.04. The second-order valence-corrected chi connectivity index (χ2v) is 4.89. The molecule has 1 heterocycles. The molecule has 0 unspecified atom stereocenters. The summed E-state index contributed by atoms with van der Waals surface area (Å²) in [6.45, 7) is 4.63. The van der Waals surface area contributed by atoms with E-state index in [0.29, 0.717) is 0 Å². The number of nitrogens with zero attached hydrogens (tertiary/aromatic N) is 2. The van der Waals surface area contributed by atoms with Crippen molar-refractivity contribution < 1.29 is 0 Å². The number of hydrogen-bond donors (Lipinski definition) is 0. The van der Waals surface area contributed by atoms with Gasteiger partial charge in [-0.2, -0.15) is 0 Å². The average molecular weight is 268 g/mol. The lowest BCUT2D eigenvalue weighted by Gasteiger charge is -2.22. The number of anilines is 1. The molecule has 0 bridgehead atoms. The Hall–Kier alpha value is -0.540. The molecule has 1 radical (unpaired) electrons. The number of benzene rings is 1. The lowest BCUT2D eigenvalue weighted by molar-refractivity contribution is 0.360. The lowest BCUT2D eigenvalue weighted by atomic mass is 10.3. The van der Waals surface area contributed by atoms with E-state index < -0.39 is 0 Å². The van der Waals surface area contributed by atoms with Crippen LogP contribution < -0.4 is 4.90 Å². The summed E-state index contributed by atoms with van der Waals surface area (Å²) in [4.78, 5) is 4.84. The van der Waals surface area contributed by atoms with E-state index in [1.807, 2.05) is 6.07 Å². The summed E-state index contributed by atoms with van der Waals surface area (Å²) >= 11 is 3.47. The van der Waals surface area contributed by atoms with Crippen molar-refractivity contribution in [3.8, 4) is 0 Å². The Balaban J connectivity index is 2.09. The van der Waals surface area contributed by atoms with Crippen LogP contribution in [0.1, 0.15) is 6.42 Å². The molecule has 1 fully saturated rings. The van der Waals surface area contributed by atoms with Gasteiger partial charge < -0.3 is 9.80 Å². The van der Waals surface area contributed by atoms with E-state index in [-0.39, 0.29) is 0 Å². The van der Waals surface area contributed by atoms with Crippen LogP contribution in [-0.2, 0) is 0 Å². The van der Waals surface area contributed by atoms with Crippen molar-refractivity contribution in [1.82, 2.24) is 4.90 Å². The molecule has 2 rings (SSSR count). The molecule has 3 heteroatoms. The van der Waals surface area contributed by atoms with Crippen molar-refractivity contribution in [2.75, 3.05) is 38.1 Å². The van der Waals surface area contributed by atoms with Crippen molar-refractivity contribution in [3.05, 3.63) is 28.7 Å². The molecule has 2 nitrogen and oxygen atoms in total. The van der Waals surface area contributed by atoms with Crippen LogP contribution >= 0.6 is 15.9 Å². The Labute approximate surface area is 100 Å². The molecule has 0 N–H and O–H groups in total. The summed E-state index contributed by atoms with van der Waals surface area (Å²) in [5.74, 6) is 0. The molecule has 0 amide bonds. The van der Waals surface area contributed by atoms with Gasteiger partial charge in [0.15, 0.2) is 0 Å². The lowest BCUT2D eigenvalue weighted by Crippen LogP contribution is -2.28. The molecule has 0 saturated carbocycles. The van der Waals surface area contributed by atoms with E-state index in [9.17, 15) is 0 Å². The Morgan fingerprint density at radius 1 is 1.27 bits per heavy atom. The SMILES string of the molecule is CN1CCCN(c2cc[c]c(Br)c2)CC1. The Bertz CT molecular complexity index is 327.